The molecule has 2 rings (SSSR count). The molecule has 0 aliphatic carbocycles. The van der Waals surface area contributed by atoms with E-state index in [2.05, 4.69) is 11.8 Å². The molecule has 3 unspecified atom stereocenters. The molecule has 1 heterocycles. The Morgan fingerprint density at radius 1 is 1.14 bits per heavy atom. The first-order valence-corrected chi connectivity index (χ1v) is 7.39. The molecule has 0 aromatic heterocycles. The molecule has 0 N–H and O–H groups in total. The van der Waals surface area contributed by atoms with E-state index in [-0.39, 0.29) is 24.0 Å². The van der Waals surface area contributed by atoms with Crippen molar-refractivity contribution in [1.29, 1.82) is 0 Å². The highest BCUT2D eigenvalue weighted by molar-refractivity contribution is 6.00. The zero-order valence-corrected chi connectivity index (χ0v) is 13.6. The number of ketones is 1. The van der Waals surface area contributed by atoms with Gasteiger partial charge in [0.2, 0.25) is 0 Å². The van der Waals surface area contributed by atoms with E-state index in [4.69, 9.17) is 9.47 Å². The summed E-state index contributed by atoms with van der Waals surface area (Å²) in [6.07, 6.45) is 0.0648. The lowest BCUT2D eigenvalue weighted by Gasteiger charge is -2.23. The zero-order chi connectivity index (χ0) is 15.6. The number of benzene rings is 1. The van der Waals surface area contributed by atoms with Gasteiger partial charge >= 0.3 is 0 Å². The number of nitrogens with zero attached hydrogens (tertiary/aromatic N) is 1. The molecule has 1 saturated heterocycles. The van der Waals surface area contributed by atoms with Crippen LogP contribution in [0.2, 0.25) is 0 Å². The zero-order valence-electron chi connectivity index (χ0n) is 13.6. The van der Waals surface area contributed by atoms with Crippen LogP contribution in [0.5, 0.6) is 0 Å². The summed E-state index contributed by atoms with van der Waals surface area (Å²) in [4.78, 5) is 14.8. The molecule has 0 bridgehead atoms. The number of methoxy groups -OCH3 is 2. The van der Waals surface area contributed by atoms with Gasteiger partial charge in [-0.1, -0.05) is 12.1 Å². The SMILES string of the molecule is COC1CN(C(C)C(=O)c2ccc(C)c(C)c2)CC1OC. The molecule has 1 fully saturated rings. The van der Waals surface area contributed by atoms with Crippen molar-refractivity contribution in [2.75, 3.05) is 27.3 Å². The molecular formula is C17H25NO3. The molecule has 0 radical (unpaired) electrons. The Bertz CT molecular complexity index is 503. The minimum Gasteiger partial charge on any atom is -0.377 e. The molecule has 116 valence electrons. The van der Waals surface area contributed by atoms with Gasteiger partial charge in [0.05, 0.1) is 18.2 Å². The molecule has 0 amide bonds. The second kappa shape index (κ2) is 6.69. The van der Waals surface area contributed by atoms with Crippen molar-refractivity contribution in [2.24, 2.45) is 0 Å². The molecule has 4 heteroatoms. The highest BCUT2D eigenvalue weighted by atomic mass is 16.5. The molecule has 0 spiro atoms. The minimum atomic E-state index is -0.162. The Morgan fingerprint density at radius 2 is 1.71 bits per heavy atom. The summed E-state index contributed by atoms with van der Waals surface area (Å²) in [5.41, 5.74) is 3.14. The number of carbonyl (C=O) groups excluding carboxylic acids is 1. The first-order chi connectivity index (χ1) is 9.97. The Hall–Kier alpha value is -1.23. The molecule has 1 aliphatic rings. The van der Waals surface area contributed by atoms with E-state index < -0.39 is 0 Å². The van der Waals surface area contributed by atoms with E-state index in [1.165, 1.54) is 5.56 Å². The van der Waals surface area contributed by atoms with Crippen molar-refractivity contribution in [2.45, 2.75) is 39.0 Å². The fourth-order valence-electron chi connectivity index (χ4n) is 2.84. The van der Waals surface area contributed by atoms with Crippen molar-refractivity contribution in [3.8, 4) is 0 Å². The lowest BCUT2D eigenvalue weighted by molar-refractivity contribution is -0.00461. The number of rotatable bonds is 5. The van der Waals surface area contributed by atoms with Gasteiger partial charge in [0, 0.05) is 32.9 Å². The molecule has 1 aliphatic heterocycles. The normalized spacial score (nSPS) is 24.2. The summed E-state index contributed by atoms with van der Waals surface area (Å²) in [5.74, 6) is 0.157. The van der Waals surface area contributed by atoms with Crippen LogP contribution in [0.4, 0.5) is 0 Å². The summed E-state index contributed by atoms with van der Waals surface area (Å²) >= 11 is 0. The van der Waals surface area contributed by atoms with Crippen LogP contribution in [0.3, 0.4) is 0 Å². The van der Waals surface area contributed by atoms with Crippen molar-refractivity contribution >= 4 is 5.78 Å². The Kier molecular flexibility index (Phi) is 5.14. The lowest BCUT2D eigenvalue weighted by atomic mass is 10.00. The van der Waals surface area contributed by atoms with E-state index in [1.807, 2.05) is 32.0 Å². The van der Waals surface area contributed by atoms with Crippen molar-refractivity contribution in [3.05, 3.63) is 34.9 Å². The number of ether oxygens (including phenoxy) is 2. The van der Waals surface area contributed by atoms with Gasteiger partial charge in [-0.2, -0.15) is 0 Å². The van der Waals surface area contributed by atoms with Crippen LogP contribution in [0.25, 0.3) is 0 Å². The third-order valence-electron chi connectivity index (χ3n) is 4.57. The summed E-state index contributed by atoms with van der Waals surface area (Å²) in [6, 6.07) is 5.74. The number of Topliss-reactive ketones (excluding diaryl/α,β-unsaturated/α-hetero) is 1. The van der Waals surface area contributed by atoms with E-state index in [0.29, 0.717) is 0 Å². The average Bonchev–Trinajstić information content (AvgIpc) is 2.91. The van der Waals surface area contributed by atoms with E-state index in [0.717, 1.165) is 24.2 Å². The third kappa shape index (κ3) is 3.34. The predicted molar refractivity (Wildman–Crippen MR) is 82.9 cm³/mol. The maximum Gasteiger partial charge on any atom is 0.179 e. The van der Waals surface area contributed by atoms with Crippen LogP contribution in [0.1, 0.15) is 28.4 Å². The second-order valence-corrected chi connectivity index (χ2v) is 5.84. The number of likely N-dealkylation sites (tertiary alicyclic amines) is 1. The fraction of sp³-hybridized carbons (Fsp3) is 0.588. The van der Waals surface area contributed by atoms with Crippen molar-refractivity contribution in [3.63, 3.8) is 0 Å². The lowest BCUT2D eigenvalue weighted by Crippen LogP contribution is -2.38. The van der Waals surface area contributed by atoms with Crippen LogP contribution >= 0.6 is 0 Å². The van der Waals surface area contributed by atoms with Crippen molar-refractivity contribution < 1.29 is 14.3 Å². The van der Waals surface area contributed by atoms with Gasteiger partial charge in [0.25, 0.3) is 0 Å². The van der Waals surface area contributed by atoms with Crippen LogP contribution in [0, 0.1) is 13.8 Å². The maximum atomic E-state index is 12.7. The maximum absolute atomic E-state index is 12.7. The summed E-state index contributed by atoms with van der Waals surface area (Å²) in [6.45, 7) is 7.51. The standard InChI is InChI=1S/C17H25NO3/c1-11-6-7-14(8-12(11)2)17(19)13(3)18-9-15(20-4)16(10-18)21-5/h6-8,13,15-16H,9-10H2,1-5H3. The van der Waals surface area contributed by atoms with Crippen LogP contribution < -0.4 is 0 Å². The summed E-state index contributed by atoms with van der Waals surface area (Å²) in [5, 5.41) is 0. The fourth-order valence-corrected chi connectivity index (χ4v) is 2.84. The monoisotopic (exact) mass is 291 g/mol. The summed E-state index contributed by atoms with van der Waals surface area (Å²) in [7, 11) is 3.38. The van der Waals surface area contributed by atoms with Crippen molar-refractivity contribution in [1.82, 2.24) is 4.90 Å². The third-order valence-corrected chi connectivity index (χ3v) is 4.57. The molecule has 1 aromatic carbocycles. The van der Waals surface area contributed by atoms with Gasteiger partial charge in [-0.15, -0.1) is 0 Å². The Morgan fingerprint density at radius 3 is 2.19 bits per heavy atom. The van der Waals surface area contributed by atoms with Gasteiger partial charge in [0.1, 0.15) is 0 Å². The number of aryl methyl sites for hydroxylation is 2. The molecule has 1 aromatic rings. The first-order valence-electron chi connectivity index (χ1n) is 7.39. The number of hydrogen-bond acceptors (Lipinski definition) is 4. The highest BCUT2D eigenvalue weighted by Gasteiger charge is 2.37. The Labute approximate surface area is 127 Å². The topological polar surface area (TPSA) is 38.8 Å². The van der Waals surface area contributed by atoms with Gasteiger partial charge in [-0.05, 0) is 38.0 Å². The number of hydrogen-bond donors (Lipinski definition) is 0. The first kappa shape index (κ1) is 16.1. The van der Waals surface area contributed by atoms with Crippen LogP contribution in [-0.4, -0.2) is 56.2 Å². The molecule has 4 nitrogen and oxygen atoms in total. The predicted octanol–water partition coefficient (Wildman–Crippen LogP) is 2.22. The van der Waals surface area contributed by atoms with E-state index in [9.17, 15) is 4.79 Å². The second-order valence-electron chi connectivity index (χ2n) is 5.84. The van der Waals surface area contributed by atoms with Gasteiger partial charge in [-0.3, -0.25) is 9.69 Å². The van der Waals surface area contributed by atoms with Gasteiger partial charge in [0.15, 0.2) is 5.78 Å². The van der Waals surface area contributed by atoms with Gasteiger partial charge < -0.3 is 9.47 Å². The van der Waals surface area contributed by atoms with E-state index >= 15 is 0 Å². The van der Waals surface area contributed by atoms with E-state index in [1.54, 1.807) is 14.2 Å². The number of carbonyl (C=O) groups is 1. The quantitative estimate of drug-likeness (QED) is 0.780. The molecule has 21 heavy (non-hydrogen) atoms. The molecule has 0 saturated carbocycles. The molecular weight excluding hydrogens is 266 g/mol. The smallest absolute Gasteiger partial charge is 0.179 e. The largest absolute Gasteiger partial charge is 0.377 e. The Balaban J connectivity index is 2.11. The van der Waals surface area contributed by atoms with Gasteiger partial charge in [-0.25, -0.2) is 0 Å². The summed E-state index contributed by atoms with van der Waals surface area (Å²) < 4.78 is 10.9. The highest BCUT2D eigenvalue weighted by Crippen LogP contribution is 2.21. The minimum absolute atomic E-state index is 0.0324. The molecule has 3 atom stereocenters. The average molecular weight is 291 g/mol. The van der Waals surface area contributed by atoms with Crippen LogP contribution in [0.15, 0.2) is 18.2 Å². The van der Waals surface area contributed by atoms with Crippen LogP contribution in [-0.2, 0) is 9.47 Å².